The fraction of sp³-hybridized carbons (Fsp3) is 0.250. The van der Waals surface area contributed by atoms with Crippen molar-refractivity contribution in [3.05, 3.63) is 72.3 Å². The van der Waals surface area contributed by atoms with Crippen molar-refractivity contribution in [1.29, 1.82) is 0 Å². The Bertz CT molecular complexity index is 739. The number of aliphatic hydroxyl groups is 1. The quantitative estimate of drug-likeness (QED) is 0.625. The highest BCUT2D eigenvalue weighted by Crippen LogP contribution is 2.44. The van der Waals surface area contributed by atoms with Gasteiger partial charge in [-0.25, -0.2) is 4.79 Å². The van der Waals surface area contributed by atoms with Crippen molar-refractivity contribution in [3.63, 3.8) is 0 Å². The van der Waals surface area contributed by atoms with Crippen LogP contribution in [0.3, 0.4) is 0 Å². The summed E-state index contributed by atoms with van der Waals surface area (Å²) in [4.78, 5) is 16.8. The van der Waals surface area contributed by atoms with Gasteiger partial charge in [-0.1, -0.05) is 54.6 Å². The smallest absolute Gasteiger partial charge is 0.431 e. The maximum absolute atomic E-state index is 11.8. The lowest BCUT2D eigenvalue weighted by Crippen LogP contribution is -2.34. The van der Waals surface area contributed by atoms with E-state index < -0.39 is 11.7 Å². The second kappa shape index (κ2) is 7.09. The predicted molar refractivity (Wildman–Crippen MR) is 95.0 cm³/mol. The molecule has 0 fully saturated rings. The van der Waals surface area contributed by atoms with E-state index >= 15 is 0 Å². The van der Waals surface area contributed by atoms with Crippen LogP contribution < -0.4 is 5.48 Å². The average molecular weight is 339 g/mol. The van der Waals surface area contributed by atoms with E-state index in [-0.39, 0.29) is 19.1 Å². The summed E-state index contributed by atoms with van der Waals surface area (Å²) in [6, 6.07) is 16.2. The molecule has 1 aliphatic carbocycles. The van der Waals surface area contributed by atoms with Gasteiger partial charge in [-0.15, -0.1) is 6.58 Å². The van der Waals surface area contributed by atoms with Crippen molar-refractivity contribution in [3.8, 4) is 11.1 Å². The van der Waals surface area contributed by atoms with E-state index in [2.05, 4.69) is 36.3 Å². The third-order valence-corrected chi connectivity index (χ3v) is 4.30. The zero-order valence-corrected chi connectivity index (χ0v) is 14.1. The van der Waals surface area contributed by atoms with Gasteiger partial charge in [0.05, 0.1) is 0 Å². The number of amides is 1. The molecule has 5 heteroatoms. The van der Waals surface area contributed by atoms with E-state index in [0.29, 0.717) is 0 Å². The molecule has 25 heavy (non-hydrogen) atoms. The Morgan fingerprint density at radius 1 is 1.20 bits per heavy atom. The van der Waals surface area contributed by atoms with Gasteiger partial charge in [0.25, 0.3) is 0 Å². The van der Waals surface area contributed by atoms with Crippen LogP contribution in [0.5, 0.6) is 0 Å². The third kappa shape index (κ3) is 3.73. The van der Waals surface area contributed by atoms with E-state index in [9.17, 15) is 9.90 Å². The summed E-state index contributed by atoms with van der Waals surface area (Å²) in [5, 5.41) is 9.72. The van der Waals surface area contributed by atoms with Crippen LogP contribution in [0.15, 0.2) is 61.2 Å². The first-order chi connectivity index (χ1) is 12.0. The van der Waals surface area contributed by atoms with Crippen LogP contribution in [0.2, 0.25) is 0 Å². The lowest BCUT2D eigenvalue weighted by atomic mass is 9.98. The zero-order chi connectivity index (χ0) is 17.9. The Morgan fingerprint density at radius 3 is 2.32 bits per heavy atom. The minimum Gasteiger partial charge on any atom is -0.447 e. The Morgan fingerprint density at radius 2 is 1.76 bits per heavy atom. The van der Waals surface area contributed by atoms with Gasteiger partial charge in [0, 0.05) is 5.92 Å². The summed E-state index contributed by atoms with van der Waals surface area (Å²) in [5.74, 6) is -0.00515. The van der Waals surface area contributed by atoms with E-state index in [1.165, 1.54) is 24.1 Å². The molecule has 0 bridgehead atoms. The predicted octanol–water partition coefficient (Wildman–Crippen LogP) is 3.39. The molecule has 1 amide bonds. The molecule has 1 atom stereocenters. The molecule has 3 rings (SSSR count). The van der Waals surface area contributed by atoms with Gasteiger partial charge in [-0.3, -0.25) is 4.84 Å². The van der Waals surface area contributed by atoms with Gasteiger partial charge in [0.15, 0.2) is 0 Å². The monoisotopic (exact) mass is 339 g/mol. The Balaban J connectivity index is 1.62. The first-order valence-electron chi connectivity index (χ1n) is 8.10. The van der Waals surface area contributed by atoms with Crippen LogP contribution in [0.4, 0.5) is 4.79 Å². The number of rotatable bonds is 6. The summed E-state index contributed by atoms with van der Waals surface area (Å²) in [6.45, 7) is 5.11. The molecule has 130 valence electrons. The van der Waals surface area contributed by atoms with Crippen LogP contribution in [0.25, 0.3) is 11.1 Å². The highest BCUT2D eigenvalue weighted by Gasteiger charge is 2.29. The first-order valence-corrected chi connectivity index (χ1v) is 8.10. The molecule has 0 aliphatic heterocycles. The van der Waals surface area contributed by atoms with Crippen LogP contribution in [0, 0.1) is 0 Å². The van der Waals surface area contributed by atoms with E-state index in [4.69, 9.17) is 9.57 Å². The Kier molecular flexibility index (Phi) is 4.88. The van der Waals surface area contributed by atoms with Crippen LogP contribution in [-0.2, 0) is 9.57 Å². The molecule has 1 unspecified atom stereocenters. The summed E-state index contributed by atoms with van der Waals surface area (Å²) >= 11 is 0. The molecule has 1 aliphatic rings. The van der Waals surface area contributed by atoms with Gasteiger partial charge >= 0.3 is 6.09 Å². The minimum atomic E-state index is -1.21. The first kappa shape index (κ1) is 17.2. The highest BCUT2D eigenvalue weighted by atomic mass is 16.7. The van der Waals surface area contributed by atoms with Crippen molar-refractivity contribution in [2.45, 2.75) is 18.4 Å². The number of hydroxylamine groups is 1. The van der Waals surface area contributed by atoms with E-state index in [1.54, 1.807) is 0 Å². The number of benzene rings is 2. The number of hydrogen-bond donors (Lipinski definition) is 2. The average Bonchev–Trinajstić information content (AvgIpc) is 2.94. The maximum atomic E-state index is 11.8. The van der Waals surface area contributed by atoms with E-state index in [1.807, 2.05) is 24.3 Å². The van der Waals surface area contributed by atoms with Crippen molar-refractivity contribution in [2.75, 3.05) is 13.2 Å². The summed E-state index contributed by atoms with van der Waals surface area (Å²) in [6.07, 6.45) is 0.647. The Hall–Kier alpha value is -2.63. The fourth-order valence-corrected chi connectivity index (χ4v) is 2.93. The third-order valence-electron chi connectivity index (χ3n) is 4.30. The SMILES string of the molecule is C=CC(C)(O)CONC(=O)OCC1c2ccccc2-c2ccccc21. The number of fused-ring (bicyclic) bond motifs is 3. The van der Waals surface area contributed by atoms with Crippen LogP contribution in [-0.4, -0.2) is 30.0 Å². The van der Waals surface area contributed by atoms with Gasteiger partial charge in [-0.2, -0.15) is 5.48 Å². The normalized spacial score (nSPS) is 15.0. The largest absolute Gasteiger partial charge is 0.447 e. The van der Waals surface area contributed by atoms with Crippen molar-refractivity contribution >= 4 is 6.09 Å². The fourth-order valence-electron chi connectivity index (χ4n) is 2.93. The van der Waals surface area contributed by atoms with Crippen molar-refractivity contribution in [2.24, 2.45) is 0 Å². The summed E-state index contributed by atoms with van der Waals surface area (Å²) < 4.78 is 5.31. The molecule has 0 aromatic heterocycles. The summed E-state index contributed by atoms with van der Waals surface area (Å²) in [5.41, 5.74) is 5.60. The highest BCUT2D eigenvalue weighted by molar-refractivity contribution is 5.79. The van der Waals surface area contributed by atoms with Gasteiger partial charge in [0.2, 0.25) is 0 Å². The number of ether oxygens (including phenoxy) is 1. The summed E-state index contributed by atoms with van der Waals surface area (Å²) in [7, 11) is 0. The maximum Gasteiger partial charge on any atom is 0.431 e. The molecular weight excluding hydrogens is 318 g/mol. The lowest BCUT2D eigenvalue weighted by Gasteiger charge is -2.18. The molecule has 2 N–H and O–H groups in total. The van der Waals surface area contributed by atoms with Crippen molar-refractivity contribution in [1.82, 2.24) is 5.48 Å². The van der Waals surface area contributed by atoms with Gasteiger partial charge in [0.1, 0.15) is 18.8 Å². The van der Waals surface area contributed by atoms with E-state index in [0.717, 1.165) is 11.1 Å². The van der Waals surface area contributed by atoms with Crippen LogP contribution in [0.1, 0.15) is 24.0 Å². The molecule has 2 aromatic carbocycles. The molecule has 0 spiro atoms. The minimum absolute atomic E-state index is 0.00515. The lowest BCUT2D eigenvalue weighted by molar-refractivity contribution is -0.0435. The molecule has 5 nitrogen and oxygen atoms in total. The Labute approximate surface area is 146 Å². The molecule has 2 aromatic rings. The molecule has 0 radical (unpaired) electrons. The standard InChI is InChI=1S/C20H21NO4/c1-3-20(2,23)13-25-21-19(22)24-12-18-16-10-6-4-8-14(16)15-9-5-7-11-17(15)18/h3-11,18,23H,1,12-13H2,2H3,(H,21,22). The molecule has 0 heterocycles. The number of hydrogen-bond acceptors (Lipinski definition) is 4. The van der Waals surface area contributed by atoms with Crippen molar-refractivity contribution < 1.29 is 19.5 Å². The second-order valence-electron chi connectivity index (χ2n) is 6.28. The number of carbonyl (C=O) groups is 1. The van der Waals surface area contributed by atoms with Gasteiger partial charge in [-0.05, 0) is 29.2 Å². The number of carbonyl (C=O) groups excluding carboxylic acids is 1. The number of nitrogens with one attached hydrogen (secondary N) is 1. The van der Waals surface area contributed by atoms with Gasteiger partial charge < -0.3 is 9.84 Å². The second-order valence-corrected chi connectivity index (χ2v) is 6.28. The zero-order valence-electron chi connectivity index (χ0n) is 14.1. The molecule has 0 saturated carbocycles. The molecular formula is C20H21NO4. The van der Waals surface area contributed by atoms with Crippen LogP contribution >= 0.6 is 0 Å². The topological polar surface area (TPSA) is 67.8 Å². The molecule has 0 saturated heterocycles.